The lowest BCUT2D eigenvalue weighted by Gasteiger charge is -2.08. The monoisotopic (exact) mass is 246 g/mol. The molecule has 0 atom stereocenters. The first-order valence-electron chi connectivity index (χ1n) is 6.71. The second-order valence-electron chi connectivity index (χ2n) is 4.49. The van der Waals surface area contributed by atoms with Gasteiger partial charge in [-0.3, -0.25) is 0 Å². The molecule has 1 aromatic carbocycles. The molecule has 0 amide bonds. The van der Waals surface area contributed by atoms with Gasteiger partial charge in [0.1, 0.15) is 5.82 Å². The third-order valence-corrected chi connectivity index (χ3v) is 3.02. The molecule has 0 aliphatic rings. The van der Waals surface area contributed by atoms with Gasteiger partial charge in [-0.15, -0.1) is 0 Å². The van der Waals surface area contributed by atoms with Crippen LogP contribution in [0, 0.1) is 0 Å². The van der Waals surface area contributed by atoms with E-state index in [2.05, 4.69) is 35.0 Å². The fourth-order valence-corrected chi connectivity index (χ4v) is 2.16. The van der Waals surface area contributed by atoms with Gasteiger partial charge in [0, 0.05) is 6.54 Å². The van der Waals surface area contributed by atoms with Gasteiger partial charge in [0.15, 0.2) is 0 Å². The van der Waals surface area contributed by atoms with E-state index in [0.717, 1.165) is 50.4 Å². The molecule has 4 nitrogen and oxygen atoms in total. The molecule has 4 heteroatoms. The van der Waals surface area contributed by atoms with E-state index in [-0.39, 0.29) is 0 Å². The highest BCUT2D eigenvalue weighted by molar-refractivity contribution is 5.75. The maximum absolute atomic E-state index is 5.49. The van der Waals surface area contributed by atoms with Crippen LogP contribution < -0.4 is 11.1 Å². The number of nitrogens with one attached hydrogen (secondary N) is 1. The van der Waals surface area contributed by atoms with Crippen LogP contribution in [-0.2, 0) is 13.1 Å². The van der Waals surface area contributed by atoms with Gasteiger partial charge >= 0.3 is 0 Å². The minimum Gasteiger partial charge on any atom is -0.330 e. The summed E-state index contributed by atoms with van der Waals surface area (Å²) in [6.07, 6.45) is 2.13. The maximum atomic E-state index is 5.49. The minimum absolute atomic E-state index is 0.735. The molecule has 0 radical (unpaired) electrons. The molecule has 98 valence electrons. The van der Waals surface area contributed by atoms with E-state index in [4.69, 9.17) is 10.7 Å². The van der Waals surface area contributed by atoms with Gasteiger partial charge in [-0.05, 0) is 38.1 Å². The zero-order chi connectivity index (χ0) is 12.8. The molecule has 0 bridgehead atoms. The standard InChI is InChI=1S/C14H22N4/c1-2-10-18-13-7-4-3-6-12(13)17-14(18)11-16-9-5-8-15/h3-4,6-7,16H,2,5,8-11,15H2,1H3. The third kappa shape index (κ3) is 2.89. The van der Waals surface area contributed by atoms with E-state index >= 15 is 0 Å². The summed E-state index contributed by atoms with van der Waals surface area (Å²) >= 11 is 0. The largest absolute Gasteiger partial charge is 0.330 e. The van der Waals surface area contributed by atoms with Crippen molar-refractivity contribution in [2.75, 3.05) is 13.1 Å². The molecular formula is C14H22N4. The van der Waals surface area contributed by atoms with Crippen molar-refractivity contribution in [1.82, 2.24) is 14.9 Å². The molecule has 1 heterocycles. The lowest BCUT2D eigenvalue weighted by molar-refractivity contribution is 0.588. The van der Waals surface area contributed by atoms with Crippen molar-refractivity contribution in [3.05, 3.63) is 30.1 Å². The summed E-state index contributed by atoms with van der Waals surface area (Å²) in [5, 5.41) is 3.40. The highest BCUT2D eigenvalue weighted by atomic mass is 15.1. The van der Waals surface area contributed by atoms with Crippen LogP contribution in [-0.4, -0.2) is 22.6 Å². The van der Waals surface area contributed by atoms with Crippen molar-refractivity contribution >= 4 is 11.0 Å². The molecular weight excluding hydrogens is 224 g/mol. The highest BCUT2D eigenvalue weighted by Crippen LogP contribution is 2.16. The van der Waals surface area contributed by atoms with Crippen molar-refractivity contribution in [3.8, 4) is 0 Å². The Morgan fingerprint density at radius 1 is 1.33 bits per heavy atom. The van der Waals surface area contributed by atoms with Crippen LogP contribution in [0.5, 0.6) is 0 Å². The summed E-state index contributed by atoms with van der Waals surface area (Å²) in [5.41, 5.74) is 7.80. The Morgan fingerprint density at radius 3 is 2.94 bits per heavy atom. The number of nitrogens with two attached hydrogens (primary N) is 1. The van der Waals surface area contributed by atoms with Gasteiger partial charge in [-0.25, -0.2) is 4.98 Å². The number of nitrogens with zero attached hydrogens (tertiary/aromatic N) is 2. The van der Waals surface area contributed by atoms with Crippen LogP contribution in [0.1, 0.15) is 25.6 Å². The Bertz CT molecular complexity index is 489. The number of rotatable bonds is 7. The van der Waals surface area contributed by atoms with Gasteiger partial charge in [0.2, 0.25) is 0 Å². The summed E-state index contributed by atoms with van der Waals surface area (Å²) < 4.78 is 2.31. The van der Waals surface area contributed by atoms with Gasteiger partial charge in [-0.2, -0.15) is 0 Å². The Balaban J connectivity index is 2.17. The predicted octanol–water partition coefficient (Wildman–Crippen LogP) is 1.88. The van der Waals surface area contributed by atoms with Crippen molar-refractivity contribution in [1.29, 1.82) is 0 Å². The molecule has 0 aliphatic carbocycles. The first-order chi connectivity index (χ1) is 8.86. The lowest BCUT2D eigenvalue weighted by Crippen LogP contribution is -2.20. The molecule has 3 N–H and O–H groups in total. The van der Waals surface area contributed by atoms with E-state index in [1.165, 1.54) is 5.52 Å². The van der Waals surface area contributed by atoms with Crippen molar-refractivity contribution in [2.24, 2.45) is 5.73 Å². The SMILES string of the molecule is CCCn1c(CNCCCN)nc2ccccc21. The molecule has 18 heavy (non-hydrogen) atoms. The van der Waals surface area contributed by atoms with E-state index in [9.17, 15) is 0 Å². The first-order valence-corrected chi connectivity index (χ1v) is 6.71. The maximum Gasteiger partial charge on any atom is 0.123 e. The van der Waals surface area contributed by atoms with Crippen molar-refractivity contribution < 1.29 is 0 Å². The minimum atomic E-state index is 0.735. The fraction of sp³-hybridized carbons (Fsp3) is 0.500. The molecule has 0 aliphatic heterocycles. The Hall–Kier alpha value is -1.39. The van der Waals surface area contributed by atoms with E-state index in [1.807, 2.05) is 6.07 Å². The Morgan fingerprint density at radius 2 is 2.17 bits per heavy atom. The van der Waals surface area contributed by atoms with Gasteiger partial charge < -0.3 is 15.6 Å². The number of benzene rings is 1. The zero-order valence-corrected chi connectivity index (χ0v) is 11.0. The topological polar surface area (TPSA) is 55.9 Å². The van der Waals surface area contributed by atoms with Crippen molar-refractivity contribution in [2.45, 2.75) is 32.9 Å². The average Bonchev–Trinajstić information content (AvgIpc) is 2.74. The van der Waals surface area contributed by atoms with Gasteiger partial charge in [0.05, 0.1) is 17.6 Å². The van der Waals surface area contributed by atoms with Gasteiger partial charge in [0.25, 0.3) is 0 Å². The molecule has 0 unspecified atom stereocenters. The fourth-order valence-electron chi connectivity index (χ4n) is 2.16. The molecule has 2 aromatic rings. The summed E-state index contributed by atoms with van der Waals surface area (Å²) in [6, 6.07) is 8.32. The smallest absolute Gasteiger partial charge is 0.123 e. The Kier molecular flexibility index (Phi) is 4.73. The van der Waals surface area contributed by atoms with Gasteiger partial charge in [-0.1, -0.05) is 19.1 Å². The summed E-state index contributed by atoms with van der Waals surface area (Å²) in [5.74, 6) is 1.12. The van der Waals surface area contributed by atoms with Crippen LogP contribution in [0.15, 0.2) is 24.3 Å². The number of hydrogen-bond acceptors (Lipinski definition) is 3. The highest BCUT2D eigenvalue weighted by Gasteiger charge is 2.08. The average molecular weight is 246 g/mol. The summed E-state index contributed by atoms with van der Waals surface area (Å²) in [7, 11) is 0. The summed E-state index contributed by atoms with van der Waals surface area (Å²) in [6.45, 7) is 5.72. The van der Waals surface area contributed by atoms with Crippen molar-refractivity contribution in [3.63, 3.8) is 0 Å². The number of imidazole rings is 1. The second kappa shape index (κ2) is 6.52. The molecule has 1 aromatic heterocycles. The zero-order valence-electron chi connectivity index (χ0n) is 11.0. The first kappa shape index (κ1) is 13.1. The summed E-state index contributed by atoms with van der Waals surface area (Å²) in [4.78, 5) is 4.70. The number of fused-ring (bicyclic) bond motifs is 1. The van der Waals surface area contributed by atoms with E-state index in [1.54, 1.807) is 0 Å². The van der Waals surface area contributed by atoms with Crippen LogP contribution >= 0.6 is 0 Å². The van der Waals surface area contributed by atoms with Crippen LogP contribution in [0.2, 0.25) is 0 Å². The quantitative estimate of drug-likeness (QED) is 0.733. The lowest BCUT2D eigenvalue weighted by atomic mass is 10.3. The number of para-hydroxylation sites is 2. The van der Waals surface area contributed by atoms with Crippen LogP contribution in [0.25, 0.3) is 11.0 Å². The molecule has 0 saturated carbocycles. The molecule has 0 spiro atoms. The third-order valence-electron chi connectivity index (χ3n) is 3.02. The molecule has 0 saturated heterocycles. The molecule has 0 fully saturated rings. The number of aryl methyl sites for hydroxylation is 1. The van der Waals surface area contributed by atoms with E-state index < -0.39 is 0 Å². The Labute approximate surface area is 108 Å². The number of hydrogen-bond donors (Lipinski definition) is 2. The van der Waals surface area contributed by atoms with E-state index in [0.29, 0.717) is 0 Å². The second-order valence-corrected chi connectivity index (χ2v) is 4.49. The van der Waals surface area contributed by atoms with Crippen LogP contribution in [0.4, 0.5) is 0 Å². The molecule has 2 rings (SSSR count). The predicted molar refractivity (Wildman–Crippen MR) is 75.4 cm³/mol. The normalized spacial score (nSPS) is 11.2. The number of aromatic nitrogens is 2. The van der Waals surface area contributed by atoms with Crippen LogP contribution in [0.3, 0.4) is 0 Å².